The Hall–Kier alpha value is -1.30. The van der Waals surface area contributed by atoms with E-state index in [1.54, 1.807) is 6.07 Å². The maximum absolute atomic E-state index is 12.6. The molecule has 0 heterocycles. The van der Waals surface area contributed by atoms with Crippen LogP contribution in [0.15, 0.2) is 18.2 Å². The lowest BCUT2D eigenvalue weighted by atomic mass is 10.1. The molecule has 0 aromatic heterocycles. The fourth-order valence-corrected chi connectivity index (χ4v) is 3.36. The van der Waals surface area contributed by atoms with Crippen molar-refractivity contribution >= 4 is 21.6 Å². The Morgan fingerprint density at radius 2 is 2.00 bits per heavy atom. The van der Waals surface area contributed by atoms with Crippen molar-refractivity contribution in [2.24, 2.45) is 0 Å². The number of halogens is 4. The lowest BCUT2D eigenvalue weighted by molar-refractivity contribution is -0.137. The summed E-state index contributed by atoms with van der Waals surface area (Å²) in [5.74, 6) is -0.689. The summed E-state index contributed by atoms with van der Waals surface area (Å²) in [6.07, 6.45) is -4.58. The summed E-state index contributed by atoms with van der Waals surface area (Å²) in [6.45, 7) is 1.21. The van der Waals surface area contributed by atoms with Crippen LogP contribution in [0.1, 0.15) is 18.1 Å². The van der Waals surface area contributed by atoms with E-state index < -0.39 is 27.5 Å². The molecule has 0 bridgehead atoms. The highest BCUT2D eigenvalue weighted by atomic mass is 35.5. The summed E-state index contributed by atoms with van der Waals surface area (Å²) in [4.78, 5) is 0. The van der Waals surface area contributed by atoms with Gasteiger partial charge in [-0.1, -0.05) is 18.5 Å². The number of benzene rings is 1. The first-order chi connectivity index (χ1) is 9.61. The van der Waals surface area contributed by atoms with E-state index in [0.717, 1.165) is 16.4 Å². The zero-order chi connectivity index (χ0) is 16.3. The van der Waals surface area contributed by atoms with Crippen molar-refractivity contribution in [1.29, 1.82) is 5.26 Å². The van der Waals surface area contributed by atoms with Gasteiger partial charge in [-0.15, -0.1) is 0 Å². The molecule has 0 atom stereocenters. The van der Waals surface area contributed by atoms with Gasteiger partial charge in [0.05, 0.1) is 17.4 Å². The van der Waals surface area contributed by atoms with Crippen LogP contribution in [0.25, 0.3) is 0 Å². The summed E-state index contributed by atoms with van der Waals surface area (Å²) in [7, 11) is -3.91. The first-order valence-electron chi connectivity index (χ1n) is 5.82. The van der Waals surface area contributed by atoms with Crippen molar-refractivity contribution in [2.75, 3.05) is 13.1 Å². The second kappa shape index (κ2) is 6.64. The van der Waals surface area contributed by atoms with Crippen LogP contribution in [0.4, 0.5) is 13.2 Å². The summed E-state index contributed by atoms with van der Waals surface area (Å²) >= 11 is 5.76. The number of nitrogens with zero attached hydrogens (tertiary/aromatic N) is 2. The van der Waals surface area contributed by atoms with E-state index in [2.05, 4.69) is 0 Å². The average molecular weight is 341 g/mol. The molecule has 9 heteroatoms. The topological polar surface area (TPSA) is 61.2 Å². The van der Waals surface area contributed by atoms with Crippen LogP contribution in [0.3, 0.4) is 0 Å². The summed E-state index contributed by atoms with van der Waals surface area (Å²) in [6, 6.07) is 4.20. The minimum Gasteiger partial charge on any atom is -0.212 e. The zero-order valence-corrected chi connectivity index (χ0v) is 12.6. The largest absolute Gasteiger partial charge is 0.416 e. The van der Waals surface area contributed by atoms with E-state index in [1.165, 1.54) is 6.92 Å². The van der Waals surface area contributed by atoms with Crippen molar-refractivity contribution in [3.63, 3.8) is 0 Å². The molecule has 0 fully saturated rings. The van der Waals surface area contributed by atoms with Gasteiger partial charge in [0.2, 0.25) is 10.0 Å². The van der Waals surface area contributed by atoms with Gasteiger partial charge in [0.1, 0.15) is 6.54 Å². The molecule has 1 aromatic carbocycles. The molecule has 0 saturated carbocycles. The second-order valence-corrected chi connectivity index (χ2v) is 6.52. The van der Waals surface area contributed by atoms with Gasteiger partial charge in [-0.25, -0.2) is 8.42 Å². The molecule has 0 N–H and O–H groups in total. The highest BCUT2D eigenvalue weighted by Gasteiger charge is 2.32. The fraction of sp³-hybridized carbons (Fsp3) is 0.417. The Kier molecular flexibility index (Phi) is 5.61. The maximum atomic E-state index is 12.6. The zero-order valence-electron chi connectivity index (χ0n) is 11.0. The first-order valence-corrected chi connectivity index (χ1v) is 7.81. The van der Waals surface area contributed by atoms with Crippen molar-refractivity contribution < 1.29 is 21.6 Å². The predicted molar refractivity (Wildman–Crippen MR) is 71.9 cm³/mol. The molecule has 116 valence electrons. The minimum absolute atomic E-state index is 0.0481. The molecule has 1 rings (SSSR count). The van der Waals surface area contributed by atoms with Gasteiger partial charge in [-0.3, -0.25) is 0 Å². The number of sulfonamides is 1. The van der Waals surface area contributed by atoms with Crippen LogP contribution in [0.5, 0.6) is 0 Å². The van der Waals surface area contributed by atoms with Gasteiger partial charge >= 0.3 is 6.18 Å². The molecule has 0 radical (unpaired) electrons. The third-order valence-corrected chi connectivity index (χ3v) is 4.92. The first kappa shape index (κ1) is 17.8. The smallest absolute Gasteiger partial charge is 0.212 e. The highest BCUT2D eigenvalue weighted by Crippen LogP contribution is 2.32. The van der Waals surface area contributed by atoms with Crippen molar-refractivity contribution in [3.05, 3.63) is 34.3 Å². The summed E-state index contributed by atoms with van der Waals surface area (Å²) < 4.78 is 62.9. The van der Waals surface area contributed by atoms with Crippen LogP contribution in [0, 0.1) is 11.3 Å². The van der Waals surface area contributed by atoms with E-state index in [0.29, 0.717) is 6.07 Å². The van der Waals surface area contributed by atoms with Crippen LogP contribution < -0.4 is 0 Å². The lowest BCUT2D eigenvalue weighted by Gasteiger charge is -2.18. The number of nitriles is 1. The summed E-state index contributed by atoms with van der Waals surface area (Å²) in [5, 5.41) is 8.50. The van der Waals surface area contributed by atoms with Gasteiger partial charge in [-0.2, -0.15) is 22.7 Å². The van der Waals surface area contributed by atoms with Gasteiger partial charge < -0.3 is 0 Å². The molecule has 0 saturated heterocycles. The van der Waals surface area contributed by atoms with Crippen molar-refractivity contribution in [3.8, 4) is 6.07 Å². The monoisotopic (exact) mass is 340 g/mol. The van der Waals surface area contributed by atoms with Crippen molar-refractivity contribution in [1.82, 2.24) is 4.31 Å². The summed E-state index contributed by atoms with van der Waals surface area (Å²) in [5.41, 5.74) is -1.12. The molecule has 0 amide bonds. The predicted octanol–water partition coefficient (Wildman–Crippen LogP) is 3.03. The number of alkyl halides is 3. The molecule has 0 aliphatic carbocycles. The standard InChI is InChI=1S/C12H12ClF3N2O2S/c1-2-18(6-5-17)21(19,20)8-9-7-10(12(14,15)16)3-4-11(9)13/h3-4,7H,2,6,8H2,1H3. The van der Waals surface area contributed by atoms with Crippen LogP contribution in [-0.2, 0) is 22.0 Å². The third kappa shape index (κ3) is 4.59. The van der Waals surface area contributed by atoms with E-state index >= 15 is 0 Å². The fourth-order valence-electron chi connectivity index (χ4n) is 1.64. The number of hydrogen-bond donors (Lipinski definition) is 0. The molecule has 4 nitrogen and oxygen atoms in total. The van der Waals surface area contributed by atoms with Crippen LogP contribution >= 0.6 is 11.6 Å². The van der Waals surface area contributed by atoms with Crippen molar-refractivity contribution in [2.45, 2.75) is 18.9 Å². The Bertz CT molecular complexity index is 653. The number of hydrogen-bond acceptors (Lipinski definition) is 3. The average Bonchev–Trinajstić information content (AvgIpc) is 2.36. The molecule has 0 spiro atoms. The number of rotatable bonds is 5. The van der Waals surface area contributed by atoms with Crippen LogP contribution in [0.2, 0.25) is 5.02 Å². The van der Waals surface area contributed by atoms with Gasteiger partial charge in [0.25, 0.3) is 0 Å². The molecule has 21 heavy (non-hydrogen) atoms. The maximum Gasteiger partial charge on any atom is 0.416 e. The van der Waals surface area contributed by atoms with E-state index in [1.807, 2.05) is 0 Å². The Morgan fingerprint density at radius 3 is 2.48 bits per heavy atom. The SMILES string of the molecule is CCN(CC#N)S(=O)(=O)Cc1cc(C(F)(F)F)ccc1Cl. The van der Waals surface area contributed by atoms with Gasteiger partial charge in [-0.05, 0) is 23.8 Å². The Balaban J connectivity index is 3.16. The molecule has 0 aliphatic heterocycles. The minimum atomic E-state index is -4.58. The molecular weight excluding hydrogens is 329 g/mol. The van der Waals surface area contributed by atoms with Gasteiger partial charge in [0.15, 0.2) is 0 Å². The van der Waals surface area contributed by atoms with E-state index in [4.69, 9.17) is 16.9 Å². The highest BCUT2D eigenvalue weighted by molar-refractivity contribution is 7.88. The Labute approximate surface area is 125 Å². The molecule has 0 unspecified atom stereocenters. The molecular formula is C12H12ClF3N2O2S. The molecule has 1 aromatic rings. The second-order valence-electron chi connectivity index (χ2n) is 4.14. The third-order valence-electron chi connectivity index (χ3n) is 2.70. The molecule has 0 aliphatic rings. The van der Waals surface area contributed by atoms with E-state index in [9.17, 15) is 21.6 Å². The quantitative estimate of drug-likeness (QED) is 0.774. The Morgan fingerprint density at radius 1 is 1.38 bits per heavy atom. The van der Waals surface area contributed by atoms with E-state index in [-0.39, 0.29) is 23.7 Å². The van der Waals surface area contributed by atoms with Gasteiger partial charge in [0, 0.05) is 11.6 Å². The van der Waals surface area contributed by atoms with Crippen LogP contribution in [-0.4, -0.2) is 25.8 Å². The normalized spacial score (nSPS) is 12.4. The lowest BCUT2D eigenvalue weighted by Crippen LogP contribution is -2.32.